The highest BCUT2D eigenvalue weighted by Gasteiger charge is 2.24. The van der Waals surface area contributed by atoms with Gasteiger partial charge in [0.25, 0.3) is 17.7 Å². The predicted octanol–water partition coefficient (Wildman–Crippen LogP) is 3.48. The van der Waals surface area contributed by atoms with Crippen molar-refractivity contribution in [3.05, 3.63) is 203 Å². The summed E-state index contributed by atoms with van der Waals surface area (Å²) >= 11 is 3.17. The second-order valence-electron chi connectivity index (χ2n) is 24.4. The van der Waals surface area contributed by atoms with Gasteiger partial charge in [0.05, 0.1) is 177 Å². The molecule has 15 N–H and O–H groups in total. The van der Waals surface area contributed by atoms with Gasteiger partial charge in [0, 0.05) is 41.8 Å². The van der Waals surface area contributed by atoms with Gasteiger partial charge in [-0.05, 0) is 125 Å². The van der Waals surface area contributed by atoms with E-state index < -0.39 is 54.9 Å². The van der Waals surface area contributed by atoms with Crippen LogP contribution in [0, 0.1) is 0 Å². The fourth-order valence-electron chi connectivity index (χ4n) is 9.91. The number of nitrogen functional groups attached to an aromatic ring is 3. The van der Waals surface area contributed by atoms with Gasteiger partial charge in [-0.1, -0.05) is 72.8 Å². The minimum Gasteiger partial charge on any atom is -0.423 e. The number of aliphatic hydroxyl groups excluding tert-OH is 2. The molecule has 42 heteroatoms. The van der Waals surface area contributed by atoms with Crippen molar-refractivity contribution in [1.29, 1.82) is 0 Å². The smallest absolute Gasteiger partial charge is 0.423 e. The van der Waals surface area contributed by atoms with Crippen molar-refractivity contribution in [2.75, 3.05) is 173 Å². The first-order valence-electron chi connectivity index (χ1n) is 35.9. The average Bonchev–Trinajstić information content (AvgIpc) is 0.809. The third kappa shape index (κ3) is 31.8. The lowest BCUT2D eigenvalue weighted by Crippen LogP contribution is -2.30. The highest BCUT2D eigenvalue weighted by Crippen LogP contribution is 2.26. The summed E-state index contributed by atoms with van der Waals surface area (Å²) in [7, 11) is -8.19. The number of anilines is 6. The molecule has 0 spiro atoms. The van der Waals surface area contributed by atoms with Crippen molar-refractivity contribution >= 4 is 111 Å². The van der Waals surface area contributed by atoms with Gasteiger partial charge < -0.3 is 96.0 Å². The van der Waals surface area contributed by atoms with Gasteiger partial charge in [-0.15, -0.1) is 0 Å². The number of carbonyl (C=O) groups is 3. The molecular formula is C75H93BBrN15O22S3. The number of hydrogen-bond donors (Lipinski definition) is 12. The number of ether oxygens (including phenoxy) is 9. The van der Waals surface area contributed by atoms with Crippen LogP contribution in [-0.4, -0.2) is 245 Å². The first kappa shape index (κ1) is 94.3. The third-order valence-electron chi connectivity index (χ3n) is 16.0. The van der Waals surface area contributed by atoms with Gasteiger partial charge in [0.1, 0.15) is 4.60 Å². The second-order valence-corrected chi connectivity index (χ2v) is 31.0. The summed E-state index contributed by atoms with van der Waals surface area (Å²) < 4.78 is 127. The van der Waals surface area contributed by atoms with Gasteiger partial charge in [-0.25, -0.2) is 64.6 Å². The minimum absolute atomic E-state index is 0.00626. The van der Waals surface area contributed by atoms with Crippen LogP contribution in [0.25, 0.3) is 22.5 Å². The summed E-state index contributed by atoms with van der Waals surface area (Å²) in [6.45, 7) is 6.93. The number of rotatable bonds is 30. The Balaban J connectivity index is 0.000000226. The number of nitrogens with two attached hydrogens (primary N) is 3. The summed E-state index contributed by atoms with van der Waals surface area (Å²) in [5.74, 6) is -1.51. The lowest BCUT2D eigenvalue weighted by Gasteiger charge is -2.17. The molecule has 3 amide bonds. The number of aromatic nitrogens is 6. The molecule has 0 unspecified atom stereocenters. The van der Waals surface area contributed by atoms with Crippen LogP contribution in [0.5, 0.6) is 0 Å². The largest absolute Gasteiger partial charge is 0.488 e. The van der Waals surface area contributed by atoms with Crippen LogP contribution in [-0.2, 0) is 92.5 Å². The van der Waals surface area contributed by atoms with E-state index in [1.807, 2.05) is 36.4 Å². The maximum atomic E-state index is 13.0. The maximum absolute atomic E-state index is 13.0. The molecule has 0 atom stereocenters. The number of amides is 3. The van der Waals surface area contributed by atoms with Crippen molar-refractivity contribution in [1.82, 2.24) is 43.7 Å². The molecule has 0 aliphatic carbocycles. The van der Waals surface area contributed by atoms with Crippen LogP contribution in [0.2, 0.25) is 0 Å². The van der Waals surface area contributed by atoms with Gasteiger partial charge in [0.15, 0.2) is 34.5 Å². The molecule has 6 bridgehead atoms. The first-order valence-corrected chi connectivity index (χ1v) is 41.1. The summed E-state index contributed by atoms with van der Waals surface area (Å²) in [5.41, 5.74) is 24.0. The maximum Gasteiger partial charge on any atom is 0.488 e. The predicted molar refractivity (Wildman–Crippen MR) is 438 cm³/mol. The molecule has 6 aromatic carbocycles. The SMILES string of the molecule is CN1CCOCCOCCOCc2cccc(c2)NC(=O)c2nc(cnc2N)-c2ccc(cc2)S1(=O)=O.CNS(=O)(=O)c1ccc(-c2cnc(N)c(C(=O)Nc3cccc(COCCOCCOCCO)c3)n2)cc1.CNS(=O)(=O)c1ccc(B(O)O)cc1.Nc1ncc(Br)nc1C(=O)Nc1cccc(COCCOCCOCCO)c1. The molecule has 2 aliphatic heterocycles. The van der Waals surface area contributed by atoms with Gasteiger partial charge in [-0.2, -0.15) is 4.31 Å². The van der Waals surface area contributed by atoms with Crippen LogP contribution in [0.15, 0.2) is 183 Å². The normalized spacial score (nSPS) is 13.4. The quantitative estimate of drug-likeness (QED) is 0.0174. The number of likely N-dealkylation sites (N-methyl/N-ethyl adjacent to an activating group) is 1. The van der Waals surface area contributed by atoms with E-state index >= 15 is 0 Å². The lowest BCUT2D eigenvalue weighted by molar-refractivity contribution is 0.00451. The van der Waals surface area contributed by atoms with Gasteiger partial charge in [0.2, 0.25) is 30.1 Å². The van der Waals surface area contributed by atoms with E-state index in [9.17, 15) is 39.6 Å². The van der Waals surface area contributed by atoms with E-state index in [2.05, 4.69) is 71.2 Å². The molecule has 0 saturated heterocycles. The number of halogens is 1. The van der Waals surface area contributed by atoms with Gasteiger partial charge in [-0.3, -0.25) is 14.4 Å². The Hall–Kier alpha value is -9.88. The van der Waals surface area contributed by atoms with Crippen LogP contribution < -0.4 is 48.1 Å². The molecule has 2 aliphatic rings. The average molecular weight is 1740 g/mol. The number of sulfonamides is 3. The number of carbonyl (C=O) groups excluding carboxylic acids is 3. The van der Waals surface area contributed by atoms with E-state index in [4.69, 9.17) is 80.1 Å². The molecule has 0 radical (unpaired) electrons. The summed E-state index contributed by atoms with van der Waals surface area (Å²) in [5, 5.41) is 43.0. The molecular weight excluding hydrogens is 1650 g/mol. The number of nitrogens with one attached hydrogen (secondary N) is 5. The van der Waals surface area contributed by atoms with Crippen molar-refractivity contribution in [2.45, 2.75) is 34.5 Å². The molecule has 0 fully saturated rings. The van der Waals surface area contributed by atoms with Crippen LogP contribution in [0.3, 0.4) is 0 Å². The highest BCUT2D eigenvalue weighted by atomic mass is 79.9. The number of hydrogen-bond acceptors (Lipinski definition) is 31. The zero-order valence-electron chi connectivity index (χ0n) is 64.1. The highest BCUT2D eigenvalue weighted by molar-refractivity contribution is 9.10. The zero-order chi connectivity index (χ0) is 84.6. The van der Waals surface area contributed by atoms with Crippen LogP contribution >= 0.6 is 15.9 Å². The summed E-state index contributed by atoms with van der Waals surface area (Å²) in [6, 6.07) is 39.2. The molecule has 117 heavy (non-hydrogen) atoms. The minimum atomic E-state index is -3.71. The Kier molecular flexibility index (Phi) is 39.8. The first-order chi connectivity index (χ1) is 56.2. The Morgan fingerprint density at radius 3 is 1.51 bits per heavy atom. The van der Waals surface area contributed by atoms with E-state index in [-0.39, 0.29) is 87.7 Å². The van der Waals surface area contributed by atoms with Gasteiger partial charge >= 0.3 is 7.12 Å². The van der Waals surface area contributed by atoms with Crippen molar-refractivity contribution in [2.24, 2.45) is 0 Å². The molecule has 9 aromatic rings. The Morgan fingerprint density at radius 2 is 1.00 bits per heavy atom. The van der Waals surface area contributed by atoms with Crippen molar-refractivity contribution in [3.63, 3.8) is 0 Å². The summed E-state index contributed by atoms with van der Waals surface area (Å²) in [4.78, 5) is 63.4. The number of fused-ring (bicyclic) bond motifs is 14. The van der Waals surface area contributed by atoms with E-state index in [0.717, 1.165) is 16.7 Å². The number of nitrogens with zero attached hydrogens (tertiary/aromatic N) is 7. The lowest BCUT2D eigenvalue weighted by atomic mass is 9.81. The Morgan fingerprint density at radius 1 is 0.556 bits per heavy atom. The molecule has 11 rings (SSSR count). The van der Waals surface area contributed by atoms with E-state index in [1.165, 1.54) is 92.6 Å². The molecule has 0 saturated carbocycles. The van der Waals surface area contributed by atoms with Crippen LogP contribution in [0.1, 0.15) is 48.2 Å². The molecule has 5 heterocycles. The van der Waals surface area contributed by atoms with E-state index in [1.54, 1.807) is 60.7 Å². The molecule has 628 valence electrons. The number of aliphatic hydroxyl groups is 2. The van der Waals surface area contributed by atoms with E-state index in [0.29, 0.717) is 150 Å². The molecule has 37 nitrogen and oxygen atoms in total. The fraction of sp³-hybridized carbons (Fsp3) is 0.320. The van der Waals surface area contributed by atoms with Crippen molar-refractivity contribution in [3.8, 4) is 22.5 Å². The zero-order valence-corrected chi connectivity index (χ0v) is 68.2. The Bertz CT molecular complexity index is 4990. The van der Waals surface area contributed by atoms with Crippen molar-refractivity contribution < 1.29 is 103 Å². The summed E-state index contributed by atoms with van der Waals surface area (Å²) in [6.07, 6.45) is 4.28. The molecule has 3 aromatic heterocycles. The standard InChI is InChI=1S/C25H31N5O7S.C25H29N5O6S.C18H23BrN4O5.C7H10BNO4S/c1-27-38(33,34)21-7-5-19(6-8-21)22-16-28-24(26)23(30-22)25(32)29-20-4-2-3-18(15-20)17-37-14-13-36-12-11-35-10-9-31;1-30-9-10-34-11-12-35-13-14-36-17-18-3-2-4-20(15-18)28-25(31)23-24(26)27-16-22(29-23)19-5-7-21(8-6-19)37(30,32)33;19-15-11-21-17(20)16(23-15)18(25)22-14-3-1-2-13(10-14)12-28-9-8-27-7-6-26-5-4-24;1-9-14(12,13)7-4-2-6(3-5-7)8(10)11/h2-8,15-16,27,31H,9-14,17H2,1H3,(H2,26,28)(H,29,32);2-8,15-16H,9-14,17H2,1H3,(H2,26,27)(H,28,31);1-3,10-11,24H,4-9,12H2,(H2,20,21)(H,22,25);2-5,9-11H,1H3. The topological polar surface area (TPSA) is 536 Å². The monoisotopic (exact) mass is 1740 g/mol. The Labute approximate surface area is 685 Å². The third-order valence-corrected chi connectivity index (χ3v) is 21.1. The van der Waals surface area contributed by atoms with Crippen LogP contribution in [0.4, 0.5) is 34.5 Å². The number of benzene rings is 6. The fourth-order valence-corrected chi connectivity index (χ4v) is 12.8. The second kappa shape index (κ2) is 49.4.